The number of hydroxylamine groups is 2. The number of nitrogens with zero attached hydrogens (tertiary/aromatic N) is 1. The second-order valence-corrected chi connectivity index (χ2v) is 4.46. The van der Waals surface area contributed by atoms with E-state index in [0.717, 1.165) is 6.54 Å². The van der Waals surface area contributed by atoms with E-state index in [1.165, 1.54) is 0 Å². The molecule has 6 heteroatoms. The minimum absolute atomic E-state index is 0.0258. The molecule has 6 nitrogen and oxygen atoms in total. The summed E-state index contributed by atoms with van der Waals surface area (Å²) in [4.78, 5) is 38.4. The van der Waals surface area contributed by atoms with Crippen molar-refractivity contribution in [2.24, 2.45) is 0 Å². The summed E-state index contributed by atoms with van der Waals surface area (Å²) in [6.07, 6.45) is 1.12. The van der Waals surface area contributed by atoms with Crippen LogP contribution in [0.4, 0.5) is 0 Å². The molecular formula is C10H14N2O4. The molecule has 2 rings (SSSR count). The molecule has 2 aliphatic rings. The number of hydrogen-bond donors (Lipinski definition) is 1. The van der Waals surface area contributed by atoms with Gasteiger partial charge in [0.25, 0.3) is 11.8 Å². The Morgan fingerprint density at radius 3 is 2.50 bits per heavy atom. The van der Waals surface area contributed by atoms with E-state index in [4.69, 9.17) is 4.84 Å². The fraction of sp³-hybridized carbons (Fsp3) is 0.700. The first-order valence-electron chi connectivity index (χ1n) is 5.32. The van der Waals surface area contributed by atoms with Gasteiger partial charge in [0.15, 0.2) is 0 Å². The van der Waals surface area contributed by atoms with E-state index >= 15 is 0 Å². The number of rotatable bonds is 4. The highest BCUT2D eigenvalue weighted by atomic mass is 16.7. The van der Waals surface area contributed by atoms with Crippen LogP contribution in [-0.4, -0.2) is 34.9 Å². The lowest BCUT2D eigenvalue weighted by Crippen LogP contribution is -2.32. The van der Waals surface area contributed by atoms with Gasteiger partial charge in [-0.2, -0.15) is 0 Å². The number of nitrogens with one attached hydrogen (secondary N) is 1. The zero-order valence-electron chi connectivity index (χ0n) is 9.12. The molecule has 0 aliphatic carbocycles. The Hall–Kier alpha value is -1.43. The van der Waals surface area contributed by atoms with Crippen molar-refractivity contribution in [2.75, 3.05) is 6.54 Å². The third kappa shape index (κ3) is 2.38. The third-order valence-corrected chi connectivity index (χ3v) is 2.86. The zero-order chi connectivity index (χ0) is 11.8. The summed E-state index contributed by atoms with van der Waals surface area (Å²) in [5.41, 5.74) is 0.0258. The van der Waals surface area contributed by atoms with Crippen molar-refractivity contribution in [3.05, 3.63) is 0 Å². The first kappa shape index (κ1) is 11.1. The predicted octanol–water partition coefficient (Wildman–Crippen LogP) is -0.264. The number of imide groups is 1. The van der Waals surface area contributed by atoms with E-state index in [-0.39, 0.29) is 24.8 Å². The topological polar surface area (TPSA) is 85.6 Å². The van der Waals surface area contributed by atoms with Crippen LogP contribution < -0.4 is 5.32 Å². The maximum atomic E-state index is 11.4. The number of carbonyl (C=O) groups is 3. The highest BCUT2D eigenvalue weighted by Gasteiger charge is 2.37. The molecule has 0 aromatic rings. The lowest BCUT2D eigenvalue weighted by atomic mass is 10.1. The highest BCUT2D eigenvalue weighted by molar-refractivity contribution is 6.01. The third-order valence-electron chi connectivity index (χ3n) is 2.86. The Kier molecular flexibility index (Phi) is 2.67. The average Bonchev–Trinajstić information content (AvgIpc) is 2.90. The molecule has 0 aromatic heterocycles. The molecule has 16 heavy (non-hydrogen) atoms. The molecule has 0 bridgehead atoms. The molecule has 2 saturated heterocycles. The summed E-state index contributed by atoms with van der Waals surface area (Å²) < 4.78 is 0. The zero-order valence-corrected chi connectivity index (χ0v) is 9.12. The highest BCUT2D eigenvalue weighted by Crippen LogP contribution is 2.22. The van der Waals surface area contributed by atoms with E-state index in [1.807, 2.05) is 6.92 Å². The van der Waals surface area contributed by atoms with E-state index in [0.29, 0.717) is 11.5 Å². The molecule has 0 saturated carbocycles. The molecule has 1 unspecified atom stereocenters. The fourth-order valence-electron chi connectivity index (χ4n) is 1.51. The van der Waals surface area contributed by atoms with Crippen LogP contribution >= 0.6 is 0 Å². The van der Waals surface area contributed by atoms with E-state index in [1.54, 1.807) is 0 Å². The van der Waals surface area contributed by atoms with Crippen LogP contribution in [0.3, 0.4) is 0 Å². The monoisotopic (exact) mass is 226 g/mol. The first-order valence-corrected chi connectivity index (χ1v) is 5.32. The van der Waals surface area contributed by atoms with Gasteiger partial charge in [0.05, 0.1) is 0 Å². The van der Waals surface area contributed by atoms with Gasteiger partial charge in [-0.05, 0) is 13.3 Å². The Bertz CT molecular complexity index is 333. The van der Waals surface area contributed by atoms with E-state index in [2.05, 4.69) is 5.32 Å². The van der Waals surface area contributed by atoms with Crippen molar-refractivity contribution in [2.45, 2.75) is 38.1 Å². The summed E-state index contributed by atoms with van der Waals surface area (Å²) in [5.74, 6) is -1.40. The van der Waals surface area contributed by atoms with Gasteiger partial charge in [-0.3, -0.25) is 9.59 Å². The minimum Gasteiger partial charge on any atom is -0.330 e. The average molecular weight is 226 g/mol. The van der Waals surface area contributed by atoms with Crippen LogP contribution in [0.25, 0.3) is 0 Å². The first-order chi connectivity index (χ1) is 7.50. The molecule has 2 amide bonds. The van der Waals surface area contributed by atoms with Gasteiger partial charge in [-0.15, -0.1) is 5.06 Å². The minimum atomic E-state index is -0.529. The number of amides is 2. The van der Waals surface area contributed by atoms with Gasteiger partial charge < -0.3 is 10.2 Å². The Labute approximate surface area is 92.9 Å². The van der Waals surface area contributed by atoms with E-state index < -0.39 is 17.8 Å². The van der Waals surface area contributed by atoms with Crippen LogP contribution in [0, 0.1) is 0 Å². The van der Waals surface area contributed by atoms with Crippen LogP contribution in [0.1, 0.15) is 32.6 Å². The maximum Gasteiger partial charge on any atom is 0.333 e. The number of hydrogen-bond acceptors (Lipinski definition) is 5. The summed E-state index contributed by atoms with van der Waals surface area (Å²) in [6.45, 7) is 2.90. The molecule has 0 aromatic carbocycles. The van der Waals surface area contributed by atoms with Gasteiger partial charge in [0, 0.05) is 31.3 Å². The lowest BCUT2D eigenvalue weighted by molar-refractivity contribution is -0.197. The van der Waals surface area contributed by atoms with Gasteiger partial charge in [0.1, 0.15) is 0 Å². The summed E-state index contributed by atoms with van der Waals surface area (Å²) in [7, 11) is 0. The largest absolute Gasteiger partial charge is 0.333 e. The van der Waals surface area contributed by atoms with Crippen LogP contribution in [0.15, 0.2) is 0 Å². The summed E-state index contributed by atoms with van der Waals surface area (Å²) in [5, 5.41) is 3.71. The Morgan fingerprint density at radius 2 is 2.00 bits per heavy atom. The predicted molar refractivity (Wildman–Crippen MR) is 52.8 cm³/mol. The molecular weight excluding hydrogens is 212 g/mol. The van der Waals surface area contributed by atoms with Crippen LogP contribution in [0.5, 0.6) is 0 Å². The van der Waals surface area contributed by atoms with Gasteiger partial charge in [-0.1, -0.05) is 0 Å². The van der Waals surface area contributed by atoms with Crippen molar-refractivity contribution in [1.29, 1.82) is 0 Å². The van der Waals surface area contributed by atoms with Gasteiger partial charge >= 0.3 is 5.97 Å². The maximum absolute atomic E-state index is 11.4. The molecule has 2 heterocycles. The van der Waals surface area contributed by atoms with Crippen molar-refractivity contribution in [3.63, 3.8) is 0 Å². The van der Waals surface area contributed by atoms with Gasteiger partial charge in [-0.25, -0.2) is 4.79 Å². The quantitative estimate of drug-likeness (QED) is 0.527. The van der Waals surface area contributed by atoms with Crippen molar-refractivity contribution >= 4 is 17.8 Å². The lowest BCUT2D eigenvalue weighted by Gasteiger charge is -2.13. The van der Waals surface area contributed by atoms with E-state index in [9.17, 15) is 14.4 Å². The second-order valence-electron chi connectivity index (χ2n) is 4.46. The van der Waals surface area contributed by atoms with Crippen molar-refractivity contribution in [1.82, 2.24) is 10.4 Å². The van der Waals surface area contributed by atoms with Crippen LogP contribution in [-0.2, 0) is 19.2 Å². The second kappa shape index (κ2) is 3.86. The molecule has 0 spiro atoms. The Balaban J connectivity index is 1.78. The molecule has 2 aliphatic heterocycles. The smallest absolute Gasteiger partial charge is 0.330 e. The normalized spacial score (nSPS) is 28.4. The molecule has 88 valence electrons. The molecule has 1 atom stereocenters. The van der Waals surface area contributed by atoms with Crippen molar-refractivity contribution < 1.29 is 19.2 Å². The van der Waals surface area contributed by atoms with Gasteiger partial charge in [0.2, 0.25) is 0 Å². The van der Waals surface area contributed by atoms with Crippen LogP contribution in [0.2, 0.25) is 0 Å². The summed E-state index contributed by atoms with van der Waals surface area (Å²) >= 11 is 0. The standard InChI is InChI=1S/C10H14N2O4/c1-10(6-11-10)5-4-9(15)16-12-7(13)2-3-8(12)14/h11H,2-6H2,1H3. The van der Waals surface area contributed by atoms with Crippen molar-refractivity contribution in [3.8, 4) is 0 Å². The molecule has 0 radical (unpaired) electrons. The summed E-state index contributed by atoms with van der Waals surface area (Å²) in [6, 6.07) is 0. The fourth-order valence-corrected chi connectivity index (χ4v) is 1.51. The SMILES string of the molecule is CC1(CCC(=O)ON2C(=O)CCC2=O)CN1. The molecule has 2 fully saturated rings. The number of carbonyl (C=O) groups excluding carboxylic acids is 3. The molecule has 1 N–H and O–H groups in total. The Morgan fingerprint density at radius 1 is 1.44 bits per heavy atom.